The monoisotopic (exact) mass is 456 g/mol. The summed E-state index contributed by atoms with van der Waals surface area (Å²) in [5.41, 5.74) is 10.8. The Morgan fingerprint density at radius 3 is 2.10 bits per heavy atom. The van der Waals surface area contributed by atoms with Crippen molar-refractivity contribution in [2.75, 3.05) is 5.75 Å². The lowest BCUT2D eigenvalue weighted by Crippen LogP contribution is -2.57. The molecule has 0 aliphatic heterocycles. The Balaban J connectivity index is 5.22. The van der Waals surface area contributed by atoms with Crippen LogP contribution < -0.4 is 22.1 Å². The maximum atomic E-state index is 12.5. The summed E-state index contributed by atoms with van der Waals surface area (Å²) in [5, 5.41) is 12.2. The Hall–Kier alpha value is -1.90. The summed E-state index contributed by atoms with van der Waals surface area (Å²) in [6.45, 7) is 3.39. The van der Waals surface area contributed by atoms with Crippen LogP contribution in [-0.2, 0) is 29.3 Å². The van der Waals surface area contributed by atoms with Crippen LogP contribution in [0.4, 0.5) is 0 Å². The molecule has 29 heavy (non-hydrogen) atoms. The van der Waals surface area contributed by atoms with Crippen molar-refractivity contribution in [2.45, 2.75) is 56.5 Å². The van der Waals surface area contributed by atoms with Crippen molar-refractivity contribution in [3.05, 3.63) is 0 Å². The van der Waals surface area contributed by atoms with Crippen molar-refractivity contribution in [1.29, 1.82) is 0 Å². The third-order valence-electron chi connectivity index (χ3n) is 4.22. The zero-order chi connectivity index (χ0) is 22.9. The number of carboxylic acids is 1. The molecule has 8 N–H and O–H groups in total. The second-order valence-corrected chi connectivity index (χ2v) is 8.75. The standard InChI is InChI=1S/C15H28N4O8S2/c1-3-7(2)11(14(23)18-9(13(17)22)6-10(20)21)19-15(24)12(28)8(16)4-5-29(25,26)27/h7-9,11-12,28H,3-6,16H2,1-2H3,(H2,17,22)(H,18,23)(H,19,24)(H,20,21)(H,25,26,27)/t7-,8+,9-,11-,12-/m0/s1. The molecule has 0 aromatic rings. The maximum Gasteiger partial charge on any atom is 0.305 e. The van der Waals surface area contributed by atoms with Crippen LogP contribution in [-0.4, -0.2) is 70.9 Å². The number of hydrogen-bond acceptors (Lipinski definition) is 8. The third kappa shape index (κ3) is 10.4. The van der Waals surface area contributed by atoms with Crippen LogP contribution in [0.5, 0.6) is 0 Å². The van der Waals surface area contributed by atoms with E-state index in [0.29, 0.717) is 6.42 Å². The molecule has 0 aromatic heterocycles. The molecule has 3 amide bonds. The highest BCUT2D eigenvalue weighted by Gasteiger charge is 2.32. The quantitative estimate of drug-likeness (QED) is 0.119. The van der Waals surface area contributed by atoms with E-state index in [4.69, 9.17) is 21.1 Å². The van der Waals surface area contributed by atoms with Gasteiger partial charge in [-0.3, -0.25) is 23.7 Å². The molecule has 12 nitrogen and oxygen atoms in total. The average molecular weight is 457 g/mol. The second kappa shape index (κ2) is 11.9. The van der Waals surface area contributed by atoms with Gasteiger partial charge < -0.3 is 27.2 Å². The number of rotatable bonds is 13. The Morgan fingerprint density at radius 1 is 1.14 bits per heavy atom. The van der Waals surface area contributed by atoms with Crippen LogP contribution in [0.1, 0.15) is 33.1 Å². The van der Waals surface area contributed by atoms with Crippen molar-refractivity contribution in [3.8, 4) is 0 Å². The van der Waals surface area contributed by atoms with Crippen molar-refractivity contribution in [2.24, 2.45) is 17.4 Å². The number of carbonyl (C=O) groups excluding carboxylic acids is 3. The van der Waals surface area contributed by atoms with Gasteiger partial charge in [-0.2, -0.15) is 21.0 Å². The van der Waals surface area contributed by atoms with Crippen molar-refractivity contribution < 1.29 is 37.3 Å². The Labute approximate surface area is 174 Å². The number of carboxylic acid groups (broad SMARTS) is 1. The highest BCUT2D eigenvalue weighted by molar-refractivity contribution is 7.85. The van der Waals surface area contributed by atoms with Gasteiger partial charge in [0.1, 0.15) is 12.1 Å². The molecular formula is C15H28N4O8S2. The largest absolute Gasteiger partial charge is 0.481 e. The predicted molar refractivity (Wildman–Crippen MR) is 107 cm³/mol. The number of nitrogens with two attached hydrogens (primary N) is 2. The average Bonchev–Trinajstić information content (AvgIpc) is 2.60. The molecule has 0 heterocycles. The molecule has 14 heteroatoms. The summed E-state index contributed by atoms with van der Waals surface area (Å²) in [6, 6.07) is -3.65. The summed E-state index contributed by atoms with van der Waals surface area (Å²) in [7, 11) is -4.27. The van der Waals surface area contributed by atoms with Crippen LogP contribution in [0, 0.1) is 5.92 Å². The highest BCUT2D eigenvalue weighted by Crippen LogP contribution is 2.12. The normalized spacial score (nSPS) is 16.7. The Bertz CT molecular complexity index is 715. The van der Waals surface area contributed by atoms with E-state index in [9.17, 15) is 27.6 Å². The summed E-state index contributed by atoms with van der Waals surface area (Å²) < 4.78 is 30.4. The maximum absolute atomic E-state index is 12.5. The molecule has 0 aliphatic rings. The molecule has 0 bridgehead atoms. The van der Waals surface area contributed by atoms with Gasteiger partial charge in [-0.15, -0.1) is 0 Å². The van der Waals surface area contributed by atoms with E-state index in [1.54, 1.807) is 13.8 Å². The topological polar surface area (TPSA) is 219 Å². The molecule has 0 unspecified atom stereocenters. The molecule has 168 valence electrons. The van der Waals surface area contributed by atoms with Crippen LogP contribution in [0.2, 0.25) is 0 Å². The van der Waals surface area contributed by atoms with Gasteiger partial charge in [-0.1, -0.05) is 20.3 Å². The lowest BCUT2D eigenvalue weighted by molar-refractivity contribution is -0.140. The van der Waals surface area contributed by atoms with E-state index >= 15 is 0 Å². The van der Waals surface area contributed by atoms with Gasteiger partial charge in [0, 0.05) is 6.04 Å². The predicted octanol–water partition coefficient (Wildman–Crippen LogP) is -2.13. The van der Waals surface area contributed by atoms with E-state index in [1.807, 2.05) is 0 Å². The van der Waals surface area contributed by atoms with Gasteiger partial charge in [0.05, 0.1) is 17.4 Å². The van der Waals surface area contributed by atoms with Crippen molar-refractivity contribution in [1.82, 2.24) is 10.6 Å². The molecule has 0 spiro atoms. The molecule has 0 fully saturated rings. The van der Waals surface area contributed by atoms with E-state index in [2.05, 4.69) is 23.3 Å². The Kier molecular flexibility index (Phi) is 11.2. The molecule has 0 aromatic carbocycles. The highest BCUT2D eigenvalue weighted by atomic mass is 32.2. The fourth-order valence-electron chi connectivity index (χ4n) is 2.24. The number of primary amides is 1. The number of aliphatic carboxylic acids is 1. The van der Waals surface area contributed by atoms with Crippen LogP contribution >= 0.6 is 12.6 Å². The minimum Gasteiger partial charge on any atom is -0.481 e. The summed E-state index contributed by atoms with van der Waals surface area (Å²) in [6.07, 6.45) is -0.522. The molecular weight excluding hydrogens is 428 g/mol. The lowest BCUT2D eigenvalue weighted by Gasteiger charge is -2.27. The van der Waals surface area contributed by atoms with Gasteiger partial charge in [0.2, 0.25) is 17.7 Å². The van der Waals surface area contributed by atoms with Gasteiger partial charge >= 0.3 is 5.97 Å². The smallest absolute Gasteiger partial charge is 0.305 e. The first-order valence-corrected chi connectivity index (χ1v) is 10.8. The minimum atomic E-state index is -4.27. The molecule has 5 atom stereocenters. The first kappa shape index (κ1) is 27.1. The number of nitrogens with one attached hydrogen (secondary N) is 2. The number of amides is 3. The lowest BCUT2D eigenvalue weighted by atomic mass is 9.97. The summed E-state index contributed by atoms with van der Waals surface area (Å²) in [4.78, 5) is 47.1. The number of carbonyl (C=O) groups is 4. The van der Waals surface area contributed by atoms with Gasteiger partial charge in [0.25, 0.3) is 10.1 Å². The first-order valence-electron chi connectivity index (χ1n) is 8.70. The van der Waals surface area contributed by atoms with Gasteiger partial charge in [0.15, 0.2) is 0 Å². The molecule has 0 aliphatic carbocycles. The number of hydrogen-bond donors (Lipinski definition) is 7. The zero-order valence-corrected chi connectivity index (χ0v) is 17.8. The van der Waals surface area contributed by atoms with Gasteiger partial charge in [-0.25, -0.2) is 0 Å². The second-order valence-electron chi connectivity index (χ2n) is 6.62. The van der Waals surface area contributed by atoms with Crippen LogP contribution in [0.25, 0.3) is 0 Å². The summed E-state index contributed by atoms with van der Waals surface area (Å²) in [5.74, 6) is -5.06. The molecule has 0 saturated heterocycles. The fraction of sp³-hybridized carbons (Fsp3) is 0.733. The molecule has 0 rings (SSSR count). The van der Waals surface area contributed by atoms with E-state index in [0.717, 1.165) is 0 Å². The van der Waals surface area contributed by atoms with Crippen LogP contribution in [0.3, 0.4) is 0 Å². The van der Waals surface area contributed by atoms with Crippen LogP contribution in [0.15, 0.2) is 0 Å². The van der Waals surface area contributed by atoms with E-state index in [1.165, 1.54) is 0 Å². The van der Waals surface area contributed by atoms with Crippen molar-refractivity contribution in [3.63, 3.8) is 0 Å². The SMILES string of the molecule is CC[C@H](C)[C@H](NC(=O)[C@@H](S)[C@H](N)CCS(=O)(=O)O)C(=O)N[C@@H](CC(=O)O)C(N)=O. The number of thiol groups is 1. The Morgan fingerprint density at radius 2 is 1.69 bits per heavy atom. The van der Waals surface area contributed by atoms with Gasteiger partial charge in [-0.05, 0) is 12.3 Å². The fourth-order valence-corrected chi connectivity index (χ4v) is 3.03. The van der Waals surface area contributed by atoms with Crippen molar-refractivity contribution >= 4 is 46.4 Å². The zero-order valence-electron chi connectivity index (χ0n) is 16.1. The first-order chi connectivity index (χ1) is 13.2. The third-order valence-corrected chi connectivity index (χ3v) is 5.58. The minimum absolute atomic E-state index is 0.247. The summed E-state index contributed by atoms with van der Waals surface area (Å²) >= 11 is 4.04. The van der Waals surface area contributed by atoms with E-state index < -0.39 is 75.3 Å². The van der Waals surface area contributed by atoms with E-state index in [-0.39, 0.29) is 6.42 Å². The molecule has 0 radical (unpaired) electrons. The molecule has 0 saturated carbocycles.